The summed E-state index contributed by atoms with van der Waals surface area (Å²) in [7, 11) is 0. The Morgan fingerprint density at radius 2 is 1.88 bits per heavy atom. The standard InChI is InChI=1S/C8H11ClF5N3/c1-2-3-4-17-6(9)16(5-15-17)8(13,14)7(10,11)12/h5-6H,2-4H2,1H3. The van der Waals surface area contributed by atoms with Gasteiger partial charge in [-0.15, -0.1) is 0 Å². The molecule has 3 nitrogen and oxygen atoms in total. The van der Waals surface area contributed by atoms with Crippen LogP contribution in [0.1, 0.15) is 19.8 Å². The van der Waals surface area contributed by atoms with E-state index in [4.69, 9.17) is 11.6 Å². The minimum absolute atomic E-state index is 0.228. The van der Waals surface area contributed by atoms with Gasteiger partial charge in [0.2, 0.25) is 5.62 Å². The average molecular weight is 280 g/mol. The van der Waals surface area contributed by atoms with Crippen molar-refractivity contribution in [2.45, 2.75) is 37.6 Å². The van der Waals surface area contributed by atoms with E-state index in [1.165, 1.54) is 0 Å². The number of halogens is 6. The van der Waals surface area contributed by atoms with Crippen molar-refractivity contribution in [1.82, 2.24) is 9.91 Å². The highest BCUT2D eigenvalue weighted by Gasteiger charge is 2.64. The topological polar surface area (TPSA) is 18.8 Å². The highest BCUT2D eigenvalue weighted by molar-refractivity contribution is 6.21. The second-order valence-electron chi connectivity index (χ2n) is 3.50. The fourth-order valence-electron chi connectivity index (χ4n) is 1.21. The van der Waals surface area contributed by atoms with Crippen molar-refractivity contribution in [2.24, 2.45) is 5.10 Å². The van der Waals surface area contributed by atoms with E-state index in [1.807, 2.05) is 6.92 Å². The molecule has 0 aromatic rings. The highest BCUT2D eigenvalue weighted by Crippen LogP contribution is 2.41. The molecule has 0 saturated heterocycles. The maximum atomic E-state index is 13.0. The van der Waals surface area contributed by atoms with E-state index in [0.29, 0.717) is 12.8 Å². The largest absolute Gasteiger partial charge is 0.475 e. The molecule has 0 spiro atoms. The molecule has 0 aromatic heterocycles. The SMILES string of the molecule is CCCCN1N=CN(C(F)(F)C(F)(F)F)C1Cl. The Morgan fingerprint density at radius 1 is 1.29 bits per heavy atom. The van der Waals surface area contributed by atoms with Gasteiger partial charge in [-0.3, -0.25) is 9.91 Å². The van der Waals surface area contributed by atoms with Gasteiger partial charge in [-0.05, 0) is 6.42 Å². The third-order valence-corrected chi connectivity index (χ3v) is 2.64. The molecule has 0 aromatic carbocycles. The fraction of sp³-hybridized carbons (Fsp3) is 0.875. The Morgan fingerprint density at radius 3 is 2.35 bits per heavy atom. The van der Waals surface area contributed by atoms with Crippen LogP contribution in [0.5, 0.6) is 0 Å². The Hall–Kier alpha value is -0.790. The first-order valence-corrected chi connectivity index (χ1v) is 5.33. The molecule has 0 radical (unpaired) electrons. The zero-order chi connectivity index (χ0) is 13.3. The number of rotatable bonds is 4. The second kappa shape index (κ2) is 4.83. The monoisotopic (exact) mass is 279 g/mol. The molecule has 1 unspecified atom stereocenters. The predicted octanol–water partition coefficient (Wildman–Crippen LogP) is 3.02. The van der Waals surface area contributed by atoms with Crippen molar-refractivity contribution in [3.8, 4) is 0 Å². The number of hydrogen-bond acceptors (Lipinski definition) is 3. The van der Waals surface area contributed by atoms with Crippen molar-refractivity contribution in [2.75, 3.05) is 6.54 Å². The van der Waals surface area contributed by atoms with Crippen LogP contribution >= 0.6 is 11.6 Å². The van der Waals surface area contributed by atoms with Crippen molar-refractivity contribution in [3.05, 3.63) is 0 Å². The van der Waals surface area contributed by atoms with Crippen LogP contribution in [0.25, 0.3) is 0 Å². The van der Waals surface area contributed by atoms with Crippen LogP contribution in [0.15, 0.2) is 5.10 Å². The third kappa shape index (κ3) is 2.72. The summed E-state index contributed by atoms with van der Waals surface area (Å²) in [6, 6.07) is -5.02. The molecule has 1 aliphatic rings. The molecule has 0 saturated carbocycles. The second-order valence-corrected chi connectivity index (χ2v) is 3.89. The zero-order valence-electron chi connectivity index (χ0n) is 8.89. The van der Waals surface area contributed by atoms with Gasteiger partial charge in [0.05, 0.1) is 0 Å². The maximum absolute atomic E-state index is 13.0. The normalized spacial score (nSPS) is 21.5. The molecule has 0 aliphatic carbocycles. The van der Waals surface area contributed by atoms with Gasteiger partial charge in [0, 0.05) is 6.54 Å². The zero-order valence-corrected chi connectivity index (χ0v) is 9.64. The van der Waals surface area contributed by atoms with Crippen LogP contribution in [0.2, 0.25) is 0 Å². The summed E-state index contributed by atoms with van der Waals surface area (Å²) in [4.78, 5) is -0.301. The Labute approximate surface area is 99.8 Å². The van der Waals surface area contributed by atoms with Gasteiger partial charge in [0.1, 0.15) is 6.34 Å². The van der Waals surface area contributed by atoms with Gasteiger partial charge in [0.15, 0.2) is 0 Å². The summed E-state index contributed by atoms with van der Waals surface area (Å²) >= 11 is 5.52. The van der Waals surface area contributed by atoms with E-state index >= 15 is 0 Å². The Balaban J connectivity index is 2.74. The molecule has 0 bridgehead atoms. The van der Waals surface area contributed by atoms with Crippen LogP contribution in [-0.4, -0.2) is 40.6 Å². The summed E-state index contributed by atoms with van der Waals surface area (Å²) in [5, 5.41) is 4.43. The molecule has 9 heteroatoms. The summed E-state index contributed by atoms with van der Waals surface area (Å²) in [6.07, 6.45) is -3.91. The first-order valence-electron chi connectivity index (χ1n) is 4.89. The first-order chi connectivity index (χ1) is 7.71. The van der Waals surface area contributed by atoms with Crippen LogP contribution in [-0.2, 0) is 0 Å². The number of unbranched alkanes of at least 4 members (excludes halogenated alkanes) is 1. The first kappa shape index (κ1) is 14.3. The maximum Gasteiger partial charge on any atom is 0.475 e. The van der Waals surface area contributed by atoms with Crippen LogP contribution in [0.3, 0.4) is 0 Å². The fourth-order valence-corrected chi connectivity index (χ4v) is 1.53. The average Bonchev–Trinajstić information content (AvgIpc) is 2.55. The lowest BCUT2D eigenvalue weighted by Gasteiger charge is -2.32. The summed E-state index contributed by atoms with van der Waals surface area (Å²) in [5.74, 6) is 0. The Bertz CT molecular complexity index is 293. The number of hydrogen-bond donors (Lipinski definition) is 0. The van der Waals surface area contributed by atoms with Gasteiger partial charge in [-0.2, -0.15) is 27.1 Å². The molecule has 1 rings (SSSR count). The molecular weight excluding hydrogens is 269 g/mol. The van der Waals surface area contributed by atoms with Crippen LogP contribution < -0.4 is 0 Å². The Kier molecular flexibility index (Phi) is 4.06. The van der Waals surface area contributed by atoms with E-state index in [0.717, 1.165) is 11.4 Å². The number of alkyl halides is 6. The quantitative estimate of drug-likeness (QED) is 0.447. The van der Waals surface area contributed by atoms with Crippen LogP contribution in [0, 0.1) is 0 Å². The van der Waals surface area contributed by atoms with E-state index in [9.17, 15) is 22.0 Å². The molecule has 1 atom stereocenters. The van der Waals surface area contributed by atoms with Gasteiger partial charge in [-0.25, -0.2) is 0 Å². The van der Waals surface area contributed by atoms with Gasteiger partial charge in [-0.1, -0.05) is 24.9 Å². The molecule has 0 N–H and O–H groups in total. The number of nitrogens with zero attached hydrogens (tertiary/aromatic N) is 3. The third-order valence-electron chi connectivity index (χ3n) is 2.21. The van der Waals surface area contributed by atoms with Gasteiger partial charge < -0.3 is 0 Å². The smallest absolute Gasteiger partial charge is 0.259 e. The lowest BCUT2D eigenvalue weighted by molar-refractivity contribution is -0.329. The highest BCUT2D eigenvalue weighted by atomic mass is 35.5. The summed E-state index contributed by atoms with van der Waals surface area (Å²) in [6.45, 7) is 2.08. The lowest BCUT2D eigenvalue weighted by Crippen LogP contribution is -2.55. The molecule has 17 heavy (non-hydrogen) atoms. The van der Waals surface area contributed by atoms with E-state index in [2.05, 4.69) is 5.10 Å². The summed E-state index contributed by atoms with van der Waals surface area (Å²) in [5.41, 5.74) is -1.63. The molecule has 100 valence electrons. The minimum atomic E-state index is -5.69. The van der Waals surface area contributed by atoms with Crippen LogP contribution in [0.4, 0.5) is 22.0 Å². The molecule has 0 fully saturated rings. The van der Waals surface area contributed by atoms with Crippen molar-refractivity contribution >= 4 is 17.9 Å². The van der Waals surface area contributed by atoms with Gasteiger partial charge >= 0.3 is 12.2 Å². The van der Waals surface area contributed by atoms with Gasteiger partial charge in [0.25, 0.3) is 0 Å². The summed E-state index contributed by atoms with van der Waals surface area (Å²) < 4.78 is 62.3. The minimum Gasteiger partial charge on any atom is -0.259 e. The number of hydrazone groups is 1. The van der Waals surface area contributed by atoms with Crippen molar-refractivity contribution in [3.63, 3.8) is 0 Å². The lowest BCUT2D eigenvalue weighted by atomic mass is 10.3. The van der Waals surface area contributed by atoms with Crippen molar-refractivity contribution in [1.29, 1.82) is 0 Å². The molecule has 0 amide bonds. The van der Waals surface area contributed by atoms with E-state index in [-0.39, 0.29) is 11.4 Å². The van der Waals surface area contributed by atoms with E-state index < -0.39 is 17.8 Å². The molecular formula is C8H11ClF5N3. The van der Waals surface area contributed by atoms with Crippen molar-refractivity contribution < 1.29 is 22.0 Å². The predicted molar refractivity (Wildman–Crippen MR) is 52.6 cm³/mol. The molecule has 1 aliphatic heterocycles. The molecule has 1 heterocycles. The van der Waals surface area contributed by atoms with E-state index in [1.54, 1.807) is 0 Å².